The van der Waals surface area contributed by atoms with Gasteiger partial charge in [0.15, 0.2) is 0 Å². The summed E-state index contributed by atoms with van der Waals surface area (Å²) in [7, 11) is 0. The second kappa shape index (κ2) is 8.01. The molecule has 1 N–H and O–H groups in total. The van der Waals surface area contributed by atoms with E-state index in [4.69, 9.17) is 9.15 Å². The summed E-state index contributed by atoms with van der Waals surface area (Å²) in [5.74, 6) is -0.360. The standard InChI is InChI=1S/C20H15F3N4O4/c1-12-16(17(28)24-11-13-6-5-9-15(10-13)31-20(21,22)23)30-19-25-18(26-27(12)19)29-14-7-3-2-4-8-14/h2-10H,11H2,1H3,(H,24,28). The van der Waals surface area contributed by atoms with Crippen LogP contribution in [0.15, 0.2) is 59.0 Å². The lowest BCUT2D eigenvalue weighted by molar-refractivity contribution is -0.274. The fourth-order valence-electron chi connectivity index (χ4n) is 2.79. The molecule has 8 nitrogen and oxygen atoms in total. The van der Waals surface area contributed by atoms with Gasteiger partial charge in [0.25, 0.3) is 5.91 Å². The van der Waals surface area contributed by atoms with Gasteiger partial charge < -0.3 is 19.2 Å². The largest absolute Gasteiger partial charge is 0.573 e. The number of rotatable bonds is 6. The Morgan fingerprint density at radius 1 is 1.13 bits per heavy atom. The van der Waals surface area contributed by atoms with Crippen molar-refractivity contribution in [3.05, 3.63) is 71.6 Å². The lowest BCUT2D eigenvalue weighted by Gasteiger charge is -2.10. The lowest BCUT2D eigenvalue weighted by Crippen LogP contribution is -2.23. The summed E-state index contributed by atoms with van der Waals surface area (Å²) in [5.41, 5.74) is 0.804. The fraction of sp³-hybridized carbons (Fsp3) is 0.150. The molecule has 4 rings (SSSR count). The summed E-state index contributed by atoms with van der Waals surface area (Å²) < 4.78 is 53.3. The Morgan fingerprint density at radius 3 is 2.58 bits per heavy atom. The van der Waals surface area contributed by atoms with E-state index in [1.165, 1.54) is 22.7 Å². The zero-order valence-corrected chi connectivity index (χ0v) is 16.0. The number of carbonyl (C=O) groups excluding carboxylic acids is 1. The highest BCUT2D eigenvalue weighted by molar-refractivity contribution is 5.92. The van der Waals surface area contributed by atoms with Gasteiger partial charge in [-0.1, -0.05) is 30.3 Å². The van der Waals surface area contributed by atoms with Gasteiger partial charge in [-0.25, -0.2) is 0 Å². The third-order valence-corrected chi connectivity index (χ3v) is 4.14. The first kappa shape index (κ1) is 20.3. The molecule has 0 aliphatic heterocycles. The Morgan fingerprint density at radius 2 is 1.87 bits per heavy atom. The number of oxazole rings is 1. The molecule has 0 atom stereocenters. The average Bonchev–Trinajstić information content (AvgIpc) is 3.24. The van der Waals surface area contributed by atoms with Crippen LogP contribution in [0.1, 0.15) is 21.8 Å². The van der Waals surface area contributed by atoms with E-state index < -0.39 is 12.3 Å². The van der Waals surface area contributed by atoms with Gasteiger partial charge in [-0.2, -0.15) is 4.52 Å². The molecule has 4 aromatic rings. The van der Waals surface area contributed by atoms with Crippen LogP contribution in [0, 0.1) is 6.92 Å². The van der Waals surface area contributed by atoms with Crippen LogP contribution in [0.25, 0.3) is 5.84 Å². The Bertz CT molecular complexity index is 1220. The highest BCUT2D eigenvalue weighted by Gasteiger charge is 2.31. The Balaban J connectivity index is 1.44. The topological polar surface area (TPSA) is 90.9 Å². The smallest absolute Gasteiger partial charge is 0.423 e. The number of nitrogens with one attached hydrogen (secondary N) is 1. The van der Waals surface area contributed by atoms with E-state index in [0.717, 1.165) is 0 Å². The van der Waals surface area contributed by atoms with E-state index in [-0.39, 0.29) is 29.9 Å². The first-order chi connectivity index (χ1) is 14.8. The number of halogens is 3. The zero-order valence-electron chi connectivity index (χ0n) is 16.0. The molecule has 0 saturated carbocycles. The van der Waals surface area contributed by atoms with E-state index in [1.807, 2.05) is 6.07 Å². The van der Waals surface area contributed by atoms with Crippen molar-refractivity contribution >= 4 is 11.8 Å². The second-order valence-corrected chi connectivity index (χ2v) is 6.40. The number of hydrogen-bond donors (Lipinski definition) is 1. The number of fused-ring (bicyclic) bond motifs is 1. The van der Waals surface area contributed by atoms with Crippen molar-refractivity contribution in [1.29, 1.82) is 0 Å². The predicted octanol–water partition coefficient (Wildman–Crippen LogP) is 4.25. The summed E-state index contributed by atoms with van der Waals surface area (Å²) in [6.07, 6.45) is -4.79. The van der Waals surface area contributed by atoms with E-state index in [2.05, 4.69) is 20.1 Å². The van der Waals surface area contributed by atoms with Gasteiger partial charge in [-0.05, 0) is 36.8 Å². The Labute approximate surface area is 173 Å². The monoisotopic (exact) mass is 432 g/mol. The first-order valence-electron chi connectivity index (χ1n) is 9.00. The van der Waals surface area contributed by atoms with Gasteiger partial charge in [-0.15, -0.1) is 23.3 Å². The van der Waals surface area contributed by atoms with Crippen molar-refractivity contribution in [2.24, 2.45) is 0 Å². The van der Waals surface area contributed by atoms with Crippen LogP contribution in [-0.4, -0.2) is 26.9 Å². The molecule has 160 valence electrons. The van der Waals surface area contributed by atoms with Crippen LogP contribution in [0.3, 0.4) is 0 Å². The van der Waals surface area contributed by atoms with Crippen molar-refractivity contribution in [2.45, 2.75) is 19.8 Å². The molecular weight excluding hydrogens is 417 g/mol. The molecule has 2 aromatic heterocycles. The van der Waals surface area contributed by atoms with Gasteiger partial charge >= 0.3 is 18.2 Å². The van der Waals surface area contributed by atoms with E-state index >= 15 is 0 Å². The minimum atomic E-state index is -4.79. The number of hydrogen-bond acceptors (Lipinski definition) is 6. The molecule has 11 heteroatoms. The summed E-state index contributed by atoms with van der Waals surface area (Å²) in [4.78, 5) is 16.6. The number of benzene rings is 2. The molecule has 0 bridgehead atoms. The third-order valence-electron chi connectivity index (χ3n) is 4.14. The number of aryl methyl sites for hydroxylation is 1. The molecule has 2 heterocycles. The number of amides is 1. The van der Waals surface area contributed by atoms with Crippen molar-refractivity contribution in [3.63, 3.8) is 0 Å². The number of carbonyl (C=O) groups is 1. The normalized spacial score (nSPS) is 11.5. The maximum atomic E-state index is 12.5. The highest BCUT2D eigenvalue weighted by atomic mass is 19.4. The van der Waals surface area contributed by atoms with Crippen molar-refractivity contribution < 1.29 is 31.9 Å². The molecule has 0 saturated heterocycles. The van der Waals surface area contributed by atoms with Crippen LogP contribution in [-0.2, 0) is 6.54 Å². The third kappa shape index (κ3) is 4.77. The molecule has 0 aliphatic carbocycles. The summed E-state index contributed by atoms with van der Waals surface area (Å²) in [6, 6.07) is 14.3. The Kier molecular flexibility index (Phi) is 5.24. The lowest BCUT2D eigenvalue weighted by atomic mass is 10.2. The SMILES string of the molecule is Cc1c(C(=O)NCc2cccc(OC(F)(F)F)c2)oc2nc(Oc3ccccc3)nn12. The minimum absolute atomic E-state index is 0.0241. The van der Waals surface area contributed by atoms with Gasteiger partial charge in [0.2, 0.25) is 5.76 Å². The number of alkyl halides is 3. The van der Waals surface area contributed by atoms with Crippen molar-refractivity contribution in [1.82, 2.24) is 19.9 Å². The van der Waals surface area contributed by atoms with Crippen LogP contribution in [0.5, 0.6) is 17.5 Å². The molecule has 0 unspecified atom stereocenters. The van der Waals surface area contributed by atoms with E-state index in [1.54, 1.807) is 37.3 Å². The van der Waals surface area contributed by atoms with Crippen LogP contribution >= 0.6 is 0 Å². The number of nitrogens with zero attached hydrogens (tertiary/aromatic N) is 3. The van der Waals surface area contributed by atoms with Gasteiger partial charge in [0, 0.05) is 6.54 Å². The predicted molar refractivity (Wildman–Crippen MR) is 101 cm³/mol. The number of aromatic nitrogens is 3. The van der Waals surface area contributed by atoms with Crippen LogP contribution < -0.4 is 14.8 Å². The summed E-state index contributed by atoms with van der Waals surface area (Å²) >= 11 is 0. The zero-order chi connectivity index (χ0) is 22.0. The van der Waals surface area contributed by atoms with Crippen LogP contribution in [0.4, 0.5) is 13.2 Å². The molecular formula is C20H15F3N4O4. The molecule has 0 fully saturated rings. The van der Waals surface area contributed by atoms with E-state index in [0.29, 0.717) is 17.0 Å². The quantitative estimate of drug-likeness (QED) is 0.490. The second-order valence-electron chi connectivity index (χ2n) is 6.40. The summed E-state index contributed by atoms with van der Waals surface area (Å²) in [5, 5.41) is 6.74. The highest BCUT2D eigenvalue weighted by Crippen LogP contribution is 2.24. The fourth-order valence-corrected chi connectivity index (χ4v) is 2.79. The van der Waals surface area contributed by atoms with Crippen molar-refractivity contribution in [3.8, 4) is 17.5 Å². The van der Waals surface area contributed by atoms with Crippen LogP contribution in [0.2, 0.25) is 0 Å². The molecule has 31 heavy (non-hydrogen) atoms. The van der Waals surface area contributed by atoms with Gasteiger partial charge in [0.05, 0.1) is 5.69 Å². The maximum absolute atomic E-state index is 12.5. The molecule has 1 amide bonds. The maximum Gasteiger partial charge on any atom is 0.573 e. The molecule has 0 spiro atoms. The summed E-state index contributed by atoms with van der Waals surface area (Å²) in [6.45, 7) is 1.58. The molecule has 0 aliphatic rings. The van der Waals surface area contributed by atoms with Gasteiger partial charge in [-0.3, -0.25) is 4.79 Å². The molecule has 2 aromatic carbocycles. The molecule has 0 radical (unpaired) electrons. The number of ether oxygens (including phenoxy) is 2. The Hall–Kier alpha value is -4.02. The average molecular weight is 432 g/mol. The minimum Gasteiger partial charge on any atom is -0.423 e. The van der Waals surface area contributed by atoms with E-state index in [9.17, 15) is 18.0 Å². The number of para-hydroxylation sites is 1. The first-order valence-corrected chi connectivity index (χ1v) is 9.00. The van der Waals surface area contributed by atoms with Gasteiger partial charge in [0.1, 0.15) is 11.5 Å². The van der Waals surface area contributed by atoms with Crippen molar-refractivity contribution in [2.75, 3.05) is 0 Å².